The van der Waals surface area contributed by atoms with Crippen LogP contribution in [-0.2, 0) is 6.54 Å². The first-order chi connectivity index (χ1) is 12.4. The summed E-state index contributed by atoms with van der Waals surface area (Å²) in [6, 6.07) is 14.0. The zero-order valence-corrected chi connectivity index (χ0v) is 13.2. The van der Waals surface area contributed by atoms with E-state index in [9.17, 15) is 0 Å². The fraction of sp³-hybridized carbons (Fsp3) is 0.0556. The second-order valence-corrected chi connectivity index (χ2v) is 5.69. The summed E-state index contributed by atoms with van der Waals surface area (Å²) in [5.74, 6) is 0.533. The Morgan fingerprint density at radius 1 is 1.04 bits per heavy atom. The van der Waals surface area contributed by atoms with Crippen LogP contribution in [0.25, 0.3) is 27.5 Å². The topological polar surface area (TPSA) is 83.6 Å². The fourth-order valence-electron chi connectivity index (χ4n) is 3.01. The number of nitrogens with one attached hydrogen (secondary N) is 1. The molecule has 0 unspecified atom stereocenters. The molecule has 4 heterocycles. The van der Waals surface area contributed by atoms with Crippen LogP contribution in [0.15, 0.2) is 71.4 Å². The smallest absolute Gasteiger partial charge is 0.188 e. The molecule has 0 radical (unpaired) electrons. The average Bonchev–Trinajstić information content (AvgIpc) is 3.23. The van der Waals surface area contributed by atoms with E-state index in [0.29, 0.717) is 18.0 Å². The van der Waals surface area contributed by atoms with Crippen LogP contribution in [0.4, 0.5) is 5.82 Å². The molecule has 0 aliphatic heterocycles. The van der Waals surface area contributed by atoms with E-state index in [-0.39, 0.29) is 0 Å². The van der Waals surface area contributed by atoms with Crippen LogP contribution in [0, 0.1) is 0 Å². The molecule has 25 heavy (non-hydrogen) atoms. The quantitative estimate of drug-likeness (QED) is 0.507. The van der Waals surface area contributed by atoms with Gasteiger partial charge in [0.1, 0.15) is 6.33 Å². The number of nitrogens with zero attached hydrogens (tertiary/aromatic N) is 6. The predicted octanol–water partition coefficient (Wildman–Crippen LogP) is 4.04. The molecular formula is C18H13N7. The SMILES string of the molecule is c1ccc2c(CN=Nc3ncnc4nn5ccccc5c34)c[nH]c2c1. The van der Waals surface area contributed by atoms with Crippen LogP contribution in [-0.4, -0.2) is 24.6 Å². The minimum Gasteiger partial charge on any atom is -0.361 e. The molecule has 4 aromatic heterocycles. The highest BCUT2D eigenvalue weighted by atomic mass is 15.3. The summed E-state index contributed by atoms with van der Waals surface area (Å²) in [6.07, 6.45) is 5.31. The summed E-state index contributed by atoms with van der Waals surface area (Å²) in [5.41, 5.74) is 3.73. The normalized spacial score (nSPS) is 12.0. The standard InChI is InChI=1S/C18H13N7/c1-2-6-14-13(5-1)12(9-19-14)10-22-23-17-16-15-7-3-4-8-25(15)24-18(16)21-11-20-17/h1-9,11,19H,10H2. The van der Waals surface area contributed by atoms with Crippen molar-refractivity contribution in [3.05, 3.63) is 66.7 Å². The van der Waals surface area contributed by atoms with Crippen molar-refractivity contribution in [3.63, 3.8) is 0 Å². The zero-order valence-electron chi connectivity index (χ0n) is 13.2. The van der Waals surface area contributed by atoms with Crippen LogP contribution in [0.1, 0.15) is 5.56 Å². The Kier molecular flexibility index (Phi) is 3.03. The van der Waals surface area contributed by atoms with E-state index in [2.05, 4.69) is 36.3 Å². The number of pyridine rings is 1. The van der Waals surface area contributed by atoms with Gasteiger partial charge in [0.25, 0.3) is 0 Å². The lowest BCUT2D eigenvalue weighted by Gasteiger charge is -1.95. The molecule has 0 bridgehead atoms. The molecule has 120 valence electrons. The minimum absolute atomic E-state index is 0.481. The van der Waals surface area contributed by atoms with E-state index >= 15 is 0 Å². The fourth-order valence-corrected chi connectivity index (χ4v) is 3.01. The maximum atomic E-state index is 4.43. The van der Waals surface area contributed by atoms with Gasteiger partial charge in [-0.15, -0.1) is 10.2 Å². The summed E-state index contributed by atoms with van der Waals surface area (Å²) >= 11 is 0. The Labute approximate surface area is 142 Å². The van der Waals surface area contributed by atoms with E-state index in [4.69, 9.17) is 0 Å². The molecule has 0 saturated carbocycles. The number of fused-ring (bicyclic) bond motifs is 4. The van der Waals surface area contributed by atoms with Gasteiger partial charge in [-0.2, -0.15) is 5.11 Å². The second-order valence-electron chi connectivity index (χ2n) is 5.69. The van der Waals surface area contributed by atoms with Crippen LogP contribution in [0.2, 0.25) is 0 Å². The number of hydrogen-bond acceptors (Lipinski definition) is 5. The number of para-hydroxylation sites is 1. The number of benzene rings is 1. The van der Waals surface area contributed by atoms with Crippen LogP contribution >= 0.6 is 0 Å². The summed E-state index contributed by atoms with van der Waals surface area (Å²) < 4.78 is 1.78. The molecule has 5 aromatic rings. The first kappa shape index (κ1) is 13.8. The summed E-state index contributed by atoms with van der Waals surface area (Å²) in [4.78, 5) is 11.8. The first-order valence-corrected chi connectivity index (χ1v) is 7.91. The third-order valence-electron chi connectivity index (χ3n) is 4.19. The molecule has 0 amide bonds. The molecule has 0 saturated heterocycles. The molecule has 0 atom stereocenters. The highest BCUT2D eigenvalue weighted by molar-refractivity contribution is 5.98. The van der Waals surface area contributed by atoms with Gasteiger partial charge in [-0.05, 0) is 18.2 Å². The molecule has 0 aliphatic carbocycles. The lowest BCUT2D eigenvalue weighted by molar-refractivity contribution is 0.951. The van der Waals surface area contributed by atoms with Gasteiger partial charge in [-0.3, -0.25) is 0 Å². The van der Waals surface area contributed by atoms with E-state index in [1.165, 1.54) is 6.33 Å². The summed E-state index contributed by atoms with van der Waals surface area (Å²) in [7, 11) is 0. The van der Waals surface area contributed by atoms with Crippen molar-refractivity contribution in [1.29, 1.82) is 0 Å². The number of aromatic amines is 1. The lowest BCUT2D eigenvalue weighted by Crippen LogP contribution is -1.82. The predicted molar refractivity (Wildman–Crippen MR) is 94.8 cm³/mol. The molecule has 7 heteroatoms. The van der Waals surface area contributed by atoms with E-state index < -0.39 is 0 Å². The van der Waals surface area contributed by atoms with Gasteiger partial charge in [-0.1, -0.05) is 24.3 Å². The largest absolute Gasteiger partial charge is 0.361 e. The van der Waals surface area contributed by atoms with Crippen molar-refractivity contribution in [2.75, 3.05) is 0 Å². The number of azo groups is 1. The van der Waals surface area contributed by atoms with Gasteiger partial charge >= 0.3 is 0 Å². The molecule has 0 spiro atoms. The van der Waals surface area contributed by atoms with Crippen molar-refractivity contribution in [3.8, 4) is 0 Å². The molecular weight excluding hydrogens is 314 g/mol. The van der Waals surface area contributed by atoms with Crippen molar-refractivity contribution < 1.29 is 0 Å². The summed E-state index contributed by atoms with van der Waals surface area (Å²) in [5, 5.41) is 15.1. The van der Waals surface area contributed by atoms with Crippen molar-refractivity contribution >= 4 is 33.3 Å². The van der Waals surface area contributed by atoms with E-state index in [1.807, 2.05) is 48.8 Å². The Hall–Kier alpha value is -3.61. The van der Waals surface area contributed by atoms with Crippen LogP contribution in [0.5, 0.6) is 0 Å². The molecule has 5 rings (SSSR count). The van der Waals surface area contributed by atoms with Gasteiger partial charge in [0.05, 0.1) is 17.4 Å². The van der Waals surface area contributed by atoms with Gasteiger partial charge in [0, 0.05) is 28.9 Å². The van der Waals surface area contributed by atoms with Gasteiger partial charge in [0.2, 0.25) is 0 Å². The monoisotopic (exact) mass is 327 g/mol. The Morgan fingerprint density at radius 2 is 1.96 bits per heavy atom. The summed E-state index contributed by atoms with van der Waals surface area (Å²) in [6.45, 7) is 0.481. The maximum Gasteiger partial charge on any atom is 0.188 e. The maximum absolute atomic E-state index is 4.43. The zero-order chi connectivity index (χ0) is 16.6. The Morgan fingerprint density at radius 3 is 2.96 bits per heavy atom. The van der Waals surface area contributed by atoms with Crippen molar-refractivity contribution in [2.24, 2.45) is 10.2 Å². The minimum atomic E-state index is 0.481. The lowest BCUT2D eigenvalue weighted by atomic mass is 10.2. The third kappa shape index (κ3) is 2.25. The number of aromatic nitrogens is 5. The van der Waals surface area contributed by atoms with Gasteiger partial charge in [0.15, 0.2) is 11.5 Å². The Bertz CT molecular complexity index is 1230. The van der Waals surface area contributed by atoms with Crippen LogP contribution < -0.4 is 0 Å². The average molecular weight is 327 g/mol. The van der Waals surface area contributed by atoms with E-state index in [1.54, 1.807) is 4.52 Å². The molecule has 1 aromatic carbocycles. The van der Waals surface area contributed by atoms with E-state index in [0.717, 1.165) is 27.4 Å². The number of H-pyrrole nitrogens is 1. The molecule has 1 N–H and O–H groups in total. The van der Waals surface area contributed by atoms with Gasteiger partial charge in [-0.25, -0.2) is 14.5 Å². The van der Waals surface area contributed by atoms with Crippen LogP contribution in [0.3, 0.4) is 0 Å². The number of rotatable bonds is 3. The van der Waals surface area contributed by atoms with Crippen molar-refractivity contribution in [2.45, 2.75) is 6.54 Å². The highest BCUT2D eigenvalue weighted by Crippen LogP contribution is 2.27. The first-order valence-electron chi connectivity index (χ1n) is 7.91. The molecule has 0 fully saturated rings. The Balaban J connectivity index is 1.54. The second kappa shape index (κ2) is 5.48. The highest BCUT2D eigenvalue weighted by Gasteiger charge is 2.11. The molecule has 0 aliphatic rings. The number of hydrogen-bond donors (Lipinski definition) is 1. The molecule has 7 nitrogen and oxygen atoms in total. The van der Waals surface area contributed by atoms with Crippen molar-refractivity contribution in [1.82, 2.24) is 24.6 Å². The third-order valence-corrected chi connectivity index (χ3v) is 4.19. The van der Waals surface area contributed by atoms with Gasteiger partial charge < -0.3 is 4.98 Å².